The minimum atomic E-state index is -1.21. The summed E-state index contributed by atoms with van der Waals surface area (Å²) in [5, 5.41) is 9.57. The van der Waals surface area contributed by atoms with Gasteiger partial charge in [-0.25, -0.2) is 4.79 Å². The summed E-state index contributed by atoms with van der Waals surface area (Å²) < 4.78 is 0. The molecule has 0 saturated carbocycles. The largest absolute Gasteiger partial charge is 0.480 e. The molecule has 112 valence electrons. The van der Waals surface area contributed by atoms with E-state index in [1.165, 1.54) is 23.9 Å². The highest BCUT2D eigenvalue weighted by molar-refractivity contribution is 7.98. The highest BCUT2D eigenvalue weighted by atomic mass is 35.5. The van der Waals surface area contributed by atoms with Gasteiger partial charge in [-0.3, -0.25) is 14.5 Å². The zero-order chi connectivity index (χ0) is 15.7. The van der Waals surface area contributed by atoms with E-state index in [1.807, 2.05) is 6.26 Å². The molecular formula is C13H11Cl2NO4S. The van der Waals surface area contributed by atoms with Crippen LogP contribution in [0.4, 0.5) is 0 Å². The van der Waals surface area contributed by atoms with E-state index in [-0.39, 0.29) is 27.6 Å². The fourth-order valence-electron chi connectivity index (χ4n) is 2.13. The minimum absolute atomic E-state index is 0.0878. The molecule has 0 saturated heterocycles. The van der Waals surface area contributed by atoms with Crippen LogP contribution < -0.4 is 0 Å². The number of carboxylic acids is 1. The minimum Gasteiger partial charge on any atom is -0.480 e. The lowest BCUT2D eigenvalue weighted by atomic mass is 10.1. The van der Waals surface area contributed by atoms with E-state index in [2.05, 4.69) is 0 Å². The first kappa shape index (κ1) is 16.1. The molecule has 2 amide bonds. The summed E-state index contributed by atoms with van der Waals surface area (Å²) in [7, 11) is 0. The molecule has 0 aliphatic carbocycles. The van der Waals surface area contributed by atoms with Crippen molar-refractivity contribution in [2.45, 2.75) is 12.5 Å². The molecule has 0 aromatic heterocycles. The SMILES string of the molecule is CSCCC(C(=O)O)N1C(=O)c2cc(Cl)c(Cl)cc2C1=O. The second-order valence-corrected chi connectivity index (χ2v) is 6.23. The average Bonchev–Trinajstić information content (AvgIpc) is 2.65. The molecule has 0 spiro atoms. The quantitative estimate of drug-likeness (QED) is 0.829. The molecule has 1 aromatic carbocycles. The predicted octanol–water partition coefficient (Wildman–Crippen LogP) is 2.80. The van der Waals surface area contributed by atoms with Gasteiger partial charge in [0.2, 0.25) is 0 Å². The Hall–Kier alpha value is -1.24. The van der Waals surface area contributed by atoms with Gasteiger partial charge in [0.25, 0.3) is 11.8 Å². The van der Waals surface area contributed by atoms with E-state index in [1.54, 1.807) is 0 Å². The molecule has 1 N–H and O–H groups in total. The van der Waals surface area contributed by atoms with Crippen LogP contribution in [-0.2, 0) is 4.79 Å². The zero-order valence-corrected chi connectivity index (χ0v) is 13.3. The highest BCUT2D eigenvalue weighted by Crippen LogP contribution is 2.33. The second-order valence-electron chi connectivity index (χ2n) is 4.43. The first-order valence-electron chi connectivity index (χ1n) is 5.97. The maximum atomic E-state index is 12.3. The zero-order valence-electron chi connectivity index (χ0n) is 10.9. The van der Waals surface area contributed by atoms with Gasteiger partial charge < -0.3 is 5.11 Å². The molecule has 1 heterocycles. The van der Waals surface area contributed by atoms with Gasteiger partial charge in [-0.15, -0.1) is 0 Å². The Labute approximate surface area is 135 Å². The van der Waals surface area contributed by atoms with Crippen LogP contribution in [0.15, 0.2) is 12.1 Å². The van der Waals surface area contributed by atoms with Crippen LogP contribution in [0.1, 0.15) is 27.1 Å². The molecule has 0 fully saturated rings. The predicted molar refractivity (Wildman–Crippen MR) is 81.4 cm³/mol. The Morgan fingerprint density at radius 1 is 1.24 bits per heavy atom. The van der Waals surface area contributed by atoms with Crippen molar-refractivity contribution >= 4 is 52.7 Å². The summed E-state index contributed by atoms with van der Waals surface area (Å²) in [4.78, 5) is 36.8. The molecule has 8 heteroatoms. The first-order valence-corrected chi connectivity index (χ1v) is 8.12. The number of hydrogen-bond acceptors (Lipinski definition) is 4. The number of rotatable bonds is 5. The lowest BCUT2D eigenvalue weighted by Crippen LogP contribution is -2.45. The van der Waals surface area contributed by atoms with Gasteiger partial charge >= 0.3 is 5.97 Å². The van der Waals surface area contributed by atoms with Crippen LogP contribution in [0.3, 0.4) is 0 Å². The number of hydrogen-bond donors (Lipinski definition) is 1. The number of carbonyl (C=O) groups excluding carboxylic acids is 2. The normalized spacial score (nSPS) is 15.3. The smallest absolute Gasteiger partial charge is 0.326 e. The number of fused-ring (bicyclic) bond motifs is 1. The standard InChI is InChI=1S/C13H11Cl2NO4S/c1-21-3-2-10(13(19)20)16-11(17)6-4-8(14)9(15)5-7(6)12(16)18/h4-5,10H,2-3H2,1H3,(H,19,20). The van der Waals surface area contributed by atoms with Gasteiger partial charge in [-0.05, 0) is 30.6 Å². The summed E-state index contributed by atoms with van der Waals surface area (Å²) in [6.07, 6.45) is 2.00. The highest BCUT2D eigenvalue weighted by Gasteiger charge is 2.43. The van der Waals surface area contributed by atoms with Crippen LogP contribution in [0.5, 0.6) is 0 Å². The fourth-order valence-corrected chi connectivity index (χ4v) is 2.91. The van der Waals surface area contributed by atoms with E-state index < -0.39 is 23.8 Å². The van der Waals surface area contributed by atoms with Crippen LogP contribution in [0.25, 0.3) is 0 Å². The van der Waals surface area contributed by atoms with Crippen LogP contribution in [0.2, 0.25) is 10.0 Å². The second kappa shape index (κ2) is 6.25. The lowest BCUT2D eigenvalue weighted by molar-refractivity contribution is -0.141. The van der Waals surface area contributed by atoms with Gasteiger partial charge in [0.05, 0.1) is 21.2 Å². The number of carbonyl (C=O) groups is 3. The van der Waals surface area contributed by atoms with Gasteiger partial charge in [0.15, 0.2) is 0 Å². The van der Waals surface area contributed by atoms with Crippen LogP contribution >= 0.6 is 35.0 Å². The number of carboxylic acid groups (broad SMARTS) is 1. The summed E-state index contributed by atoms with van der Waals surface area (Å²) in [5.41, 5.74) is 0.176. The molecule has 21 heavy (non-hydrogen) atoms. The van der Waals surface area contributed by atoms with E-state index in [4.69, 9.17) is 23.2 Å². The summed E-state index contributed by atoms with van der Waals surface area (Å²) in [5.74, 6) is -1.99. The number of aliphatic carboxylic acids is 1. The van der Waals surface area contributed by atoms with Crippen molar-refractivity contribution in [3.63, 3.8) is 0 Å². The van der Waals surface area contributed by atoms with Gasteiger partial charge in [-0.1, -0.05) is 23.2 Å². The number of benzene rings is 1. The maximum Gasteiger partial charge on any atom is 0.326 e. The van der Waals surface area contributed by atoms with Gasteiger partial charge in [0.1, 0.15) is 6.04 Å². The number of amides is 2. The fraction of sp³-hybridized carbons (Fsp3) is 0.308. The van der Waals surface area contributed by atoms with Crippen molar-refractivity contribution in [2.75, 3.05) is 12.0 Å². The third kappa shape index (κ3) is 2.88. The number of imide groups is 1. The Morgan fingerprint density at radius 3 is 2.10 bits per heavy atom. The number of thioether (sulfide) groups is 1. The average molecular weight is 348 g/mol. The van der Waals surface area contributed by atoms with Gasteiger partial charge in [0, 0.05) is 0 Å². The molecule has 1 atom stereocenters. The molecule has 1 aliphatic heterocycles. The molecule has 0 bridgehead atoms. The molecule has 1 aliphatic rings. The van der Waals surface area contributed by atoms with Crippen molar-refractivity contribution in [1.82, 2.24) is 4.90 Å². The van der Waals surface area contributed by atoms with E-state index >= 15 is 0 Å². The number of nitrogens with zero attached hydrogens (tertiary/aromatic N) is 1. The maximum absolute atomic E-state index is 12.3. The molecule has 5 nitrogen and oxygen atoms in total. The monoisotopic (exact) mass is 347 g/mol. The van der Waals surface area contributed by atoms with Crippen LogP contribution in [0, 0.1) is 0 Å². The summed E-state index contributed by atoms with van der Waals surface area (Å²) in [6, 6.07) is 1.40. The third-order valence-corrected chi connectivity index (χ3v) is 4.52. The topological polar surface area (TPSA) is 74.7 Å². The lowest BCUT2D eigenvalue weighted by Gasteiger charge is -2.22. The van der Waals surface area contributed by atoms with Crippen molar-refractivity contribution in [2.24, 2.45) is 0 Å². The molecular weight excluding hydrogens is 337 g/mol. The van der Waals surface area contributed by atoms with Crippen molar-refractivity contribution in [1.29, 1.82) is 0 Å². The Morgan fingerprint density at radius 2 is 1.71 bits per heavy atom. The van der Waals surface area contributed by atoms with Crippen molar-refractivity contribution in [3.05, 3.63) is 33.3 Å². The third-order valence-electron chi connectivity index (χ3n) is 3.15. The van der Waals surface area contributed by atoms with Crippen molar-refractivity contribution < 1.29 is 19.5 Å². The Bertz CT molecular complexity index is 594. The van der Waals surface area contributed by atoms with Crippen LogP contribution in [-0.4, -0.2) is 45.8 Å². The molecule has 1 aromatic rings. The van der Waals surface area contributed by atoms with E-state index in [0.29, 0.717) is 5.75 Å². The van der Waals surface area contributed by atoms with Crippen molar-refractivity contribution in [3.8, 4) is 0 Å². The Kier molecular flexibility index (Phi) is 4.81. The van der Waals surface area contributed by atoms with E-state index in [9.17, 15) is 19.5 Å². The first-order chi connectivity index (χ1) is 9.88. The summed E-state index contributed by atoms with van der Waals surface area (Å²) >= 11 is 13.1. The Balaban J connectivity index is 2.42. The molecule has 0 radical (unpaired) electrons. The van der Waals surface area contributed by atoms with Gasteiger partial charge in [-0.2, -0.15) is 11.8 Å². The van der Waals surface area contributed by atoms with E-state index in [0.717, 1.165) is 4.90 Å². The number of halogens is 2. The molecule has 1 unspecified atom stereocenters. The summed E-state index contributed by atoms with van der Waals surface area (Å²) in [6.45, 7) is 0. The molecule has 2 rings (SSSR count).